The van der Waals surface area contributed by atoms with Crippen molar-refractivity contribution < 1.29 is 0 Å². The van der Waals surface area contributed by atoms with Gasteiger partial charge in [-0.05, 0) is 64.0 Å². The minimum atomic E-state index is 0.827. The highest BCUT2D eigenvalue weighted by molar-refractivity contribution is 7.12. The van der Waals surface area contributed by atoms with Crippen molar-refractivity contribution in [2.75, 3.05) is 32.7 Å². The molecule has 1 aromatic rings. The molecule has 0 aliphatic carbocycles. The summed E-state index contributed by atoms with van der Waals surface area (Å²) in [5, 5.41) is 3.44. The molecule has 0 saturated carbocycles. The van der Waals surface area contributed by atoms with Crippen LogP contribution in [0.5, 0.6) is 0 Å². The lowest BCUT2D eigenvalue weighted by Gasteiger charge is -2.25. The van der Waals surface area contributed by atoms with Gasteiger partial charge in [-0.15, -0.1) is 11.3 Å². The van der Waals surface area contributed by atoms with Crippen LogP contribution in [-0.2, 0) is 13.1 Å². The van der Waals surface area contributed by atoms with Gasteiger partial charge < -0.3 is 5.32 Å². The second-order valence-electron chi connectivity index (χ2n) is 6.50. The van der Waals surface area contributed by atoms with Gasteiger partial charge in [-0.25, -0.2) is 0 Å². The van der Waals surface area contributed by atoms with Crippen LogP contribution in [0.1, 0.15) is 41.5 Å². The SMILES string of the molecule is CCNCc1cc(CN2CCCN3CCCC3C2)c(C)s1. The monoisotopic (exact) mass is 307 g/mol. The van der Waals surface area contributed by atoms with E-state index in [1.807, 2.05) is 11.3 Å². The lowest BCUT2D eigenvalue weighted by Crippen LogP contribution is -2.36. The molecule has 0 amide bonds. The van der Waals surface area contributed by atoms with Gasteiger partial charge in [0.2, 0.25) is 0 Å². The maximum atomic E-state index is 3.44. The standard InChI is InChI=1S/C17H29N3S/c1-3-18-11-17-10-15(14(2)21-17)12-19-7-5-9-20-8-4-6-16(20)13-19/h10,16,18H,3-9,11-13H2,1-2H3. The average molecular weight is 308 g/mol. The zero-order chi connectivity index (χ0) is 14.7. The van der Waals surface area contributed by atoms with Gasteiger partial charge in [0.15, 0.2) is 0 Å². The largest absolute Gasteiger partial charge is 0.312 e. The molecule has 0 radical (unpaired) electrons. The van der Waals surface area contributed by atoms with Crippen molar-refractivity contribution >= 4 is 11.3 Å². The van der Waals surface area contributed by atoms with Gasteiger partial charge in [0.05, 0.1) is 0 Å². The third-order valence-electron chi connectivity index (χ3n) is 4.90. The van der Waals surface area contributed by atoms with Gasteiger partial charge in [-0.1, -0.05) is 6.92 Å². The molecule has 118 valence electrons. The third kappa shape index (κ3) is 3.86. The number of aryl methyl sites for hydroxylation is 1. The Morgan fingerprint density at radius 2 is 2.14 bits per heavy atom. The van der Waals surface area contributed by atoms with Crippen LogP contribution >= 0.6 is 11.3 Å². The lowest BCUT2D eigenvalue weighted by atomic mass is 10.2. The van der Waals surface area contributed by atoms with Crippen LogP contribution in [-0.4, -0.2) is 48.6 Å². The van der Waals surface area contributed by atoms with Crippen LogP contribution in [0.15, 0.2) is 6.07 Å². The Bertz CT molecular complexity index is 457. The van der Waals surface area contributed by atoms with E-state index in [2.05, 4.69) is 35.0 Å². The molecular formula is C17H29N3S. The summed E-state index contributed by atoms with van der Waals surface area (Å²) in [4.78, 5) is 8.41. The number of hydrogen-bond acceptors (Lipinski definition) is 4. The van der Waals surface area contributed by atoms with Crippen LogP contribution in [0.2, 0.25) is 0 Å². The molecule has 0 spiro atoms. The van der Waals surface area contributed by atoms with Crippen LogP contribution in [0.4, 0.5) is 0 Å². The van der Waals surface area contributed by atoms with Crippen LogP contribution in [0, 0.1) is 6.92 Å². The van der Waals surface area contributed by atoms with E-state index in [9.17, 15) is 0 Å². The molecule has 1 aromatic heterocycles. The molecule has 2 saturated heterocycles. The third-order valence-corrected chi connectivity index (χ3v) is 6.00. The van der Waals surface area contributed by atoms with Crippen molar-refractivity contribution in [2.24, 2.45) is 0 Å². The fourth-order valence-electron chi connectivity index (χ4n) is 3.75. The first kappa shape index (κ1) is 15.5. The number of hydrogen-bond donors (Lipinski definition) is 1. The first-order valence-electron chi connectivity index (χ1n) is 8.51. The number of nitrogens with one attached hydrogen (secondary N) is 1. The van der Waals surface area contributed by atoms with E-state index in [1.54, 1.807) is 5.56 Å². The molecule has 3 heterocycles. The van der Waals surface area contributed by atoms with Crippen molar-refractivity contribution in [2.45, 2.75) is 52.2 Å². The summed E-state index contributed by atoms with van der Waals surface area (Å²) < 4.78 is 0. The van der Waals surface area contributed by atoms with E-state index in [1.165, 1.54) is 55.2 Å². The number of fused-ring (bicyclic) bond motifs is 1. The molecule has 1 unspecified atom stereocenters. The van der Waals surface area contributed by atoms with Crippen molar-refractivity contribution in [3.63, 3.8) is 0 Å². The lowest BCUT2D eigenvalue weighted by molar-refractivity contribution is 0.215. The van der Waals surface area contributed by atoms with Crippen LogP contribution in [0.3, 0.4) is 0 Å². The van der Waals surface area contributed by atoms with E-state index < -0.39 is 0 Å². The molecule has 2 aliphatic heterocycles. The minimum absolute atomic E-state index is 0.827. The summed E-state index contributed by atoms with van der Waals surface area (Å²) in [5.41, 5.74) is 1.55. The summed E-state index contributed by atoms with van der Waals surface area (Å²) in [6.07, 6.45) is 4.15. The average Bonchev–Trinajstić information content (AvgIpc) is 2.99. The number of rotatable bonds is 5. The van der Waals surface area contributed by atoms with Gasteiger partial charge in [0.25, 0.3) is 0 Å². The van der Waals surface area contributed by atoms with E-state index in [0.717, 1.165) is 25.7 Å². The van der Waals surface area contributed by atoms with Crippen molar-refractivity contribution in [1.29, 1.82) is 0 Å². The molecule has 3 nitrogen and oxygen atoms in total. The van der Waals surface area contributed by atoms with Gasteiger partial charge >= 0.3 is 0 Å². The minimum Gasteiger partial charge on any atom is -0.312 e. The molecule has 2 aliphatic rings. The molecule has 3 rings (SSSR count). The van der Waals surface area contributed by atoms with Crippen molar-refractivity contribution in [3.8, 4) is 0 Å². The summed E-state index contributed by atoms with van der Waals surface area (Å²) >= 11 is 1.97. The zero-order valence-corrected chi connectivity index (χ0v) is 14.3. The summed E-state index contributed by atoms with van der Waals surface area (Å²) in [5.74, 6) is 0. The Hall–Kier alpha value is -0.420. The fourth-order valence-corrected chi connectivity index (χ4v) is 4.77. The summed E-state index contributed by atoms with van der Waals surface area (Å²) in [6.45, 7) is 12.9. The predicted molar refractivity (Wildman–Crippen MR) is 90.9 cm³/mol. The van der Waals surface area contributed by atoms with Gasteiger partial charge in [-0.3, -0.25) is 9.80 Å². The number of thiophene rings is 1. The Morgan fingerprint density at radius 3 is 3.00 bits per heavy atom. The molecule has 0 aromatic carbocycles. The quantitative estimate of drug-likeness (QED) is 0.902. The smallest absolute Gasteiger partial charge is 0.0299 e. The maximum absolute atomic E-state index is 3.44. The fraction of sp³-hybridized carbons (Fsp3) is 0.765. The summed E-state index contributed by atoms with van der Waals surface area (Å²) in [7, 11) is 0. The van der Waals surface area contributed by atoms with Crippen LogP contribution < -0.4 is 5.32 Å². The van der Waals surface area contributed by atoms with Crippen molar-refractivity contribution in [3.05, 3.63) is 21.4 Å². The molecule has 4 heteroatoms. The molecule has 2 fully saturated rings. The first-order valence-corrected chi connectivity index (χ1v) is 9.33. The van der Waals surface area contributed by atoms with E-state index in [4.69, 9.17) is 0 Å². The maximum Gasteiger partial charge on any atom is 0.0299 e. The first-order chi connectivity index (χ1) is 10.3. The topological polar surface area (TPSA) is 18.5 Å². The highest BCUT2D eigenvalue weighted by Crippen LogP contribution is 2.26. The van der Waals surface area contributed by atoms with Gasteiger partial charge in [-0.2, -0.15) is 0 Å². The number of nitrogens with zero attached hydrogens (tertiary/aromatic N) is 2. The predicted octanol–water partition coefficient (Wildman–Crippen LogP) is 2.84. The van der Waals surface area contributed by atoms with Crippen LogP contribution in [0.25, 0.3) is 0 Å². The molecular weight excluding hydrogens is 278 g/mol. The highest BCUT2D eigenvalue weighted by atomic mass is 32.1. The normalized spacial score (nSPS) is 24.2. The Kier molecular flexibility index (Phi) is 5.33. The van der Waals surface area contributed by atoms with Gasteiger partial charge in [0.1, 0.15) is 0 Å². The Labute approximate surface area is 133 Å². The second kappa shape index (κ2) is 7.23. The Balaban J connectivity index is 1.61. The van der Waals surface area contributed by atoms with E-state index >= 15 is 0 Å². The second-order valence-corrected chi connectivity index (χ2v) is 7.84. The molecule has 0 bridgehead atoms. The van der Waals surface area contributed by atoms with Crippen molar-refractivity contribution in [1.82, 2.24) is 15.1 Å². The van der Waals surface area contributed by atoms with E-state index in [-0.39, 0.29) is 0 Å². The molecule has 1 N–H and O–H groups in total. The zero-order valence-electron chi connectivity index (χ0n) is 13.5. The van der Waals surface area contributed by atoms with E-state index in [0.29, 0.717) is 0 Å². The van der Waals surface area contributed by atoms with Gasteiger partial charge in [0, 0.05) is 35.4 Å². The molecule has 21 heavy (non-hydrogen) atoms. The highest BCUT2D eigenvalue weighted by Gasteiger charge is 2.28. The summed E-state index contributed by atoms with van der Waals surface area (Å²) in [6, 6.07) is 3.26. The Morgan fingerprint density at radius 1 is 1.29 bits per heavy atom. The molecule has 1 atom stereocenters.